The second-order valence-electron chi connectivity index (χ2n) is 7.63. The molecule has 1 aromatic carbocycles. The Kier molecular flexibility index (Phi) is 7.25. The molecule has 3 rings (SSSR count). The number of hydrogen-bond acceptors (Lipinski definition) is 5. The number of nitrogens with one attached hydrogen (secondary N) is 2. The van der Waals surface area contributed by atoms with Gasteiger partial charge in [0.05, 0.1) is 0 Å². The average Bonchev–Trinajstić information content (AvgIpc) is 3.16. The van der Waals surface area contributed by atoms with Gasteiger partial charge < -0.3 is 15.4 Å². The van der Waals surface area contributed by atoms with E-state index in [1.807, 2.05) is 32.9 Å². The SMILES string of the molecule is CCC(=O)N[C@H]1CCCC[C@H]1NC(=O)c1csc(COc2cc(C)cc(C)c2)n1. The Morgan fingerprint density at radius 3 is 2.41 bits per heavy atom. The normalized spacial score (nSPS) is 18.9. The van der Waals surface area contributed by atoms with E-state index in [1.165, 1.54) is 11.3 Å². The van der Waals surface area contributed by atoms with Gasteiger partial charge in [-0.3, -0.25) is 9.59 Å². The number of carbonyl (C=O) groups excluding carboxylic acids is 2. The maximum Gasteiger partial charge on any atom is 0.271 e. The Bertz CT molecular complexity index is 844. The van der Waals surface area contributed by atoms with Gasteiger partial charge in [-0.25, -0.2) is 4.98 Å². The summed E-state index contributed by atoms with van der Waals surface area (Å²) >= 11 is 1.42. The number of aromatic nitrogens is 1. The molecule has 6 nitrogen and oxygen atoms in total. The fourth-order valence-corrected chi connectivity index (χ4v) is 4.36. The summed E-state index contributed by atoms with van der Waals surface area (Å²) in [6.45, 7) is 6.24. The molecule has 7 heteroatoms. The highest BCUT2D eigenvalue weighted by Crippen LogP contribution is 2.21. The molecule has 0 unspecified atom stereocenters. The molecule has 0 radical (unpaired) electrons. The van der Waals surface area contributed by atoms with Gasteiger partial charge in [0.25, 0.3) is 5.91 Å². The van der Waals surface area contributed by atoms with Crippen molar-refractivity contribution in [3.05, 3.63) is 45.4 Å². The highest BCUT2D eigenvalue weighted by atomic mass is 32.1. The first-order valence-electron chi connectivity index (χ1n) is 10.2. The molecule has 0 spiro atoms. The van der Waals surface area contributed by atoms with Gasteiger partial charge in [-0.2, -0.15) is 0 Å². The molecule has 2 amide bonds. The summed E-state index contributed by atoms with van der Waals surface area (Å²) in [5, 5.41) is 8.62. The summed E-state index contributed by atoms with van der Waals surface area (Å²) in [5.74, 6) is 0.637. The molecule has 2 aromatic rings. The maximum absolute atomic E-state index is 12.7. The lowest BCUT2D eigenvalue weighted by molar-refractivity contribution is -0.121. The Balaban J connectivity index is 1.57. The molecule has 1 heterocycles. The van der Waals surface area contributed by atoms with E-state index in [0.717, 1.165) is 47.6 Å². The van der Waals surface area contributed by atoms with Crippen LogP contribution in [0, 0.1) is 13.8 Å². The van der Waals surface area contributed by atoms with E-state index in [1.54, 1.807) is 5.38 Å². The minimum atomic E-state index is -0.193. The number of thiazole rings is 1. The van der Waals surface area contributed by atoms with Crippen LogP contribution in [0.4, 0.5) is 0 Å². The van der Waals surface area contributed by atoms with E-state index in [2.05, 4.69) is 21.7 Å². The predicted molar refractivity (Wildman–Crippen MR) is 114 cm³/mol. The van der Waals surface area contributed by atoms with Crippen molar-refractivity contribution in [1.29, 1.82) is 0 Å². The van der Waals surface area contributed by atoms with Crippen molar-refractivity contribution in [3.63, 3.8) is 0 Å². The van der Waals surface area contributed by atoms with Crippen LogP contribution in [0.25, 0.3) is 0 Å². The van der Waals surface area contributed by atoms with Gasteiger partial charge >= 0.3 is 0 Å². The number of hydrogen-bond donors (Lipinski definition) is 2. The zero-order chi connectivity index (χ0) is 20.8. The minimum Gasteiger partial charge on any atom is -0.486 e. The van der Waals surface area contributed by atoms with Gasteiger partial charge in [0.15, 0.2) is 0 Å². The molecule has 0 bridgehead atoms. The van der Waals surface area contributed by atoms with E-state index < -0.39 is 0 Å². The Labute approximate surface area is 176 Å². The van der Waals surface area contributed by atoms with Crippen molar-refractivity contribution in [2.45, 2.75) is 71.6 Å². The molecular formula is C22H29N3O3S. The summed E-state index contributed by atoms with van der Waals surface area (Å²) in [6.07, 6.45) is 4.33. The van der Waals surface area contributed by atoms with Crippen molar-refractivity contribution in [3.8, 4) is 5.75 Å². The standard InChI is InChI=1S/C22H29N3O3S/c1-4-20(26)23-17-7-5-6-8-18(17)25-22(27)19-13-29-21(24-19)12-28-16-10-14(2)9-15(3)11-16/h9-11,13,17-18H,4-8,12H2,1-3H3,(H,23,26)(H,25,27)/t17-,18+/m0/s1. The monoisotopic (exact) mass is 415 g/mol. The van der Waals surface area contributed by atoms with Crippen LogP contribution in [0.15, 0.2) is 23.6 Å². The van der Waals surface area contributed by atoms with Crippen LogP contribution in [-0.4, -0.2) is 28.9 Å². The third-order valence-electron chi connectivity index (χ3n) is 5.09. The van der Waals surface area contributed by atoms with E-state index in [4.69, 9.17) is 4.74 Å². The first-order chi connectivity index (χ1) is 13.9. The summed E-state index contributed by atoms with van der Waals surface area (Å²) < 4.78 is 5.84. The largest absolute Gasteiger partial charge is 0.486 e. The fourth-order valence-electron chi connectivity index (χ4n) is 3.67. The lowest BCUT2D eigenvalue weighted by Gasteiger charge is -2.32. The molecule has 2 N–H and O–H groups in total. The second kappa shape index (κ2) is 9.87. The number of nitrogens with zero attached hydrogens (tertiary/aromatic N) is 1. The summed E-state index contributed by atoms with van der Waals surface area (Å²) in [5.41, 5.74) is 2.70. The molecule has 29 heavy (non-hydrogen) atoms. The van der Waals surface area contributed by atoms with Gasteiger partial charge in [0.1, 0.15) is 23.1 Å². The average molecular weight is 416 g/mol. The van der Waals surface area contributed by atoms with Gasteiger partial charge in [0.2, 0.25) is 5.91 Å². The number of ether oxygens (including phenoxy) is 1. The van der Waals surface area contributed by atoms with Gasteiger partial charge in [-0.1, -0.05) is 25.8 Å². The second-order valence-corrected chi connectivity index (χ2v) is 8.57. The third-order valence-corrected chi connectivity index (χ3v) is 5.91. The summed E-state index contributed by atoms with van der Waals surface area (Å²) in [7, 11) is 0. The lowest BCUT2D eigenvalue weighted by atomic mass is 9.90. The topological polar surface area (TPSA) is 80.3 Å². The van der Waals surface area contributed by atoms with E-state index in [9.17, 15) is 9.59 Å². The van der Waals surface area contributed by atoms with E-state index in [0.29, 0.717) is 18.7 Å². The quantitative estimate of drug-likeness (QED) is 0.719. The van der Waals surface area contributed by atoms with Crippen molar-refractivity contribution in [1.82, 2.24) is 15.6 Å². The highest BCUT2D eigenvalue weighted by Gasteiger charge is 2.28. The van der Waals surface area contributed by atoms with E-state index in [-0.39, 0.29) is 23.9 Å². The highest BCUT2D eigenvalue weighted by molar-refractivity contribution is 7.09. The van der Waals surface area contributed by atoms with Crippen molar-refractivity contribution < 1.29 is 14.3 Å². The molecule has 1 aromatic heterocycles. The number of amides is 2. The van der Waals surface area contributed by atoms with Crippen LogP contribution in [-0.2, 0) is 11.4 Å². The number of benzene rings is 1. The van der Waals surface area contributed by atoms with Crippen molar-refractivity contribution in [2.24, 2.45) is 0 Å². The molecule has 1 aliphatic rings. The zero-order valence-electron chi connectivity index (χ0n) is 17.3. The third kappa shape index (κ3) is 6.03. The van der Waals surface area contributed by atoms with Gasteiger partial charge in [-0.15, -0.1) is 11.3 Å². The predicted octanol–water partition coefficient (Wildman–Crippen LogP) is 3.91. The first kappa shape index (κ1) is 21.3. The van der Waals surface area contributed by atoms with Crippen LogP contribution in [0.3, 0.4) is 0 Å². The van der Waals surface area contributed by atoms with E-state index >= 15 is 0 Å². The Morgan fingerprint density at radius 2 is 1.76 bits per heavy atom. The number of rotatable bonds is 7. The van der Waals surface area contributed by atoms with Crippen LogP contribution >= 0.6 is 11.3 Å². The Morgan fingerprint density at radius 1 is 1.10 bits per heavy atom. The van der Waals surface area contributed by atoms with Crippen LogP contribution < -0.4 is 15.4 Å². The van der Waals surface area contributed by atoms with Crippen molar-refractivity contribution >= 4 is 23.2 Å². The Hall–Kier alpha value is -2.41. The first-order valence-corrected chi connectivity index (χ1v) is 11.1. The molecule has 1 fully saturated rings. The maximum atomic E-state index is 12.7. The summed E-state index contributed by atoms with van der Waals surface area (Å²) in [6, 6.07) is 6.01. The molecule has 1 aliphatic carbocycles. The molecule has 156 valence electrons. The molecule has 0 aliphatic heterocycles. The van der Waals surface area contributed by atoms with Crippen LogP contribution in [0.1, 0.15) is 65.7 Å². The number of carbonyl (C=O) groups is 2. The molecule has 2 atom stereocenters. The summed E-state index contributed by atoms with van der Waals surface area (Å²) in [4.78, 5) is 28.9. The fraction of sp³-hybridized carbons (Fsp3) is 0.500. The molecule has 0 saturated heterocycles. The molecule has 1 saturated carbocycles. The zero-order valence-corrected chi connectivity index (χ0v) is 18.1. The minimum absolute atomic E-state index is 0.00820. The number of aryl methyl sites for hydroxylation is 2. The van der Waals surface area contributed by atoms with Gasteiger partial charge in [-0.05, 0) is 49.9 Å². The van der Waals surface area contributed by atoms with Crippen LogP contribution in [0.2, 0.25) is 0 Å². The van der Waals surface area contributed by atoms with Crippen LogP contribution in [0.5, 0.6) is 5.75 Å². The smallest absolute Gasteiger partial charge is 0.271 e. The van der Waals surface area contributed by atoms with Crippen molar-refractivity contribution in [2.75, 3.05) is 0 Å². The van der Waals surface area contributed by atoms with Gasteiger partial charge in [0, 0.05) is 23.9 Å². The lowest BCUT2D eigenvalue weighted by Crippen LogP contribution is -2.53. The molecular weight excluding hydrogens is 386 g/mol.